The highest BCUT2D eigenvalue weighted by Gasteiger charge is 2.07. The van der Waals surface area contributed by atoms with Gasteiger partial charge < -0.3 is 5.43 Å². The molecule has 0 saturated heterocycles. The summed E-state index contributed by atoms with van der Waals surface area (Å²) in [6.07, 6.45) is 3.19. The van der Waals surface area contributed by atoms with Crippen LogP contribution in [0.15, 0.2) is 30.6 Å². The molecule has 0 atom stereocenters. The third-order valence-electron chi connectivity index (χ3n) is 2.28. The average molecular weight is 235 g/mol. The molecule has 0 saturated carbocycles. The molecular weight excluding hydrogens is 224 g/mol. The van der Waals surface area contributed by atoms with Crippen LogP contribution >= 0.6 is 11.6 Å². The van der Waals surface area contributed by atoms with Gasteiger partial charge in [-0.05, 0) is 18.6 Å². The number of anilines is 1. The molecule has 0 fully saturated rings. The fourth-order valence-corrected chi connectivity index (χ4v) is 1.58. The van der Waals surface area contributed by atoms with E-state index in [1.54, 1.807) is 12.4 Å². The maximum absolute atomic E-state index is 6.06. The second-order valence-corrected chi connectivity index (χ2v) is 3.77. The van der Waals surface area contributed by atoms with Crippen LogP contribution in [-0.4, -0.2) is 9.97 Å². The van der Waals surface area contributed by atoms with Crippen LogP contribution in [0, 0.1) is 6.92 Å². The SMILES string of the molecule is Cc1ccc(-c2nccnc2NN)cc1Cl. The van der Waals surface area contributed by atoms with Crippen LogP contribution in [0.5, 0.6) is 0 Å². The zero-order chi connectivity index (χ0) is 11.5. The molecular formula is C11H11ClN4. The molecule has 3 N–H and O–H groups in total. The van der Waals surface area contributed by atoms with Gasteiger partial charge in [0.25, 0.3) is 0 Å². The number of benzene rings is 1. The Morgan fingerprint density at radius 2 is 2.00 bits per heavy atom. The maximum atomic E-state index is 6.06. The largest absolute Gasteiger partial charge is 0.307 e. The summed E-state index contributed by atoms with van der Waals surface area (Å²) in [4.78, 5) is 8.31. The van der Waals surface area contributed by atoms with E-state index >= 15 is 0 Å². The van der Waals surface area contributed by atoms with Crippen LogP contribution in [-0.2, 0) is 0 Å². The van der Waals surface area contributed by atoms with Crippen LogP contribution in [0.25, 0.3) is 11.3 Å². The van der Waals surface area contributed by atoms with E-state index in [0.29, 0.717) is 16.5 Å². The van der Waals surface area contributed by atoms with E-state index in [1.165, 1.54) is 0 Å². The van der Waals surface area contributed by atoms with Gasteiger partial charge in [0.2, 0.25) is 0 Å². The van der Waals surface area contributed by atoms with Crippen molar-refractivity contribution in [1.29, 1.82) is 0 Å². The van der Waals surface area contributed by atoms with Crippen LogP contribution < -0.4 is 11.3 Å². The van der Waals surface area contributed by atoms with Gasteiger partial charge in [0, 0.05) is 23.0 Å². The summed E-state index contributed by atoms with van der Waals surface area (Å²) >= 11 is 6.06. The highest BCUT2D eigenvalue weighted by Crippen LogP contribution is 2.27. The van der Waals surface area contributed by atoms with E-state index < -0.39 is 0 Å². The minimum Gasteiger partial charge on any atom is -0.307 e. The average Bonchev–Trinajstić information content (AvgIpc) is 2.32. The number of nitrogens with two attached hydrogens (primary N) is 1. The monoisotopic (exact) mass is 234 g/mol. The number of halogens is 1. The lowest BCUT2D eigenvalue weighted by atomic mass is 10.1. The predicted octanol–water partition coefficient (Wildman–Crippen LogP) is 2.39. The van der Waals surface area contributed by atoms with Gasteiger partial charge in [0.15, 0.2) is 5.82 Å². The molecule has 0 aliphatic carbocycles. The molecule has 4 nitrogen and oxygen atoms in total. The molecule has 1 heterocycles. The van der Waals surface area contributed by atoms with Crippen LogP contribution in [0.1, 0.15) is 5.56 Å². The van der Waals surface area contributed by atoms with Crippen molar-refractivity contribution < 1.29 is 0 Å². The molecule has 1 aromatic heterocycles. The Bertz CT molecular complexity index is 513. The Labute approximate surface area is 98.5 Å². The van der Waals surface area contributed by atoms with Gasteiger partial charge in [-0.2, -0.15) is 0 Å². The van der Waals surface area contributed by atoms with Crippen molar-refractivity contribution in [1.82, 2.24) is 9.97 Å². The Balaban J connectivity index is 2.54. The van der Waals surface area contributed by atoms with Gasteiger partial charge in [0.05, 0.1) is 0 Å². The zero-order valence-electron chi connectivity index (χ0n) is 8.74. The molecule has 0 amide bonds. The minimum atomic E-state index is 0.530. The summed E-state index contributed by atoms with van der Waals surface area (Å²) in [5.41, 5.74) is 5.11. The van der Waals surface area contributed by atoms with Crippen molar-refractivity contribution in [2.24, 2.45) is 5.84 Å². The molecule has 0 unspecified atom stereocenters. The number of nitrogen functional groups attached to an aromatic ring is 1. The van der Waals surface area contributed by atoms with E-state index in [4.69, 9.17) is 17.4 Å². The number of hydrazine groups is 1. The van der Waals surface area contributed by atoms with Crippen molar-refractivity contribution in [3.8, 4) is 11.3 Å². The second-order valence-electron chi connectivity index (χ2n) is 3.36. The van der Waals surface area contributed by atoms with Gasteiger partial charge in [-0.15, -0.1) is 0 Å². The number of aryl methyl sites for hydroxylation is 1. The second kappa shape index (κ2) is 4.47. The standard InChI is InChI=1S/C11H11ClN4/c1-7-2-3-8(6-9(7)12)10-11(16-13)15-5-4-14-10/h2-6H,13H2,1H3,(H,15,16). The molecule has 82 valence electrons. The molecule has 1 aromatic carbocycles. The first kappa shape index (κ1) is 10.9. The Morgan fingerprint density at radius 1 is 1.25 bits per heavy atom. The van der Waals surface area contributed by atoms with Gasteiger partial charge in [-0.25, -0.2) is 10.8 Å². The fraction of sp³-hybridized carbons (Fsp3) is 0.0909. The molecule has 2 aromatic rings. The summed E-state index contributed by atoms with van der Waals surface area (Å²) in [6.45, 7) is 1.95. The van der Waals surface area contributed by atoms with E-state index in [-0.39, 0.29) is 0 Å². The van der Waals surface area contributed by atoms with Crippen molar-refractivity contribution in [2.75, 3.05) is 5.43 Å². The van der Waals surface area contributed by atoms with Crippen molar-refractivity contribution in [2.45, 2.75) is 6.92 Å². The topological polar surface area (TPSA) is 63.8 Å². The van der Waals surface area contributed by atoms with Crippen LogP contribution in [0.2, 0.25) is 5.02 Å². The van der Waals surface area contributed by atoms with Crippen molar-refractivity contribution >= 4 is 17.4 Å². The Kier molecular flexibility index (Phi) is 3.03. The predicted molar refractivity (Wildman–Crippen MR) is 65.0 cm³/mol. The lowest BCUT2D eigenvalue weighted by molar-refractivity contribution is 1.16. The summed E-state index contributed by atoms with van der Waals surface area (Å²) in [5, 5.41) is 0.700. The van der Waals surface area contributed by atoms with Crippen LogP contribution in [0.4, 0.5) is 5.82 Å². The number of hydrogen-bond acceptors (Lipinski definition) is 4. The molecule has 2 rings (SSSR count). The normalized spacial score (nSPS) is 10.2. The lowest BCUT2D eigenvalue weighted by Crippen LogP contribution is -2.10. The van der Waals surface area contributed by atoms with E-state index in [0.717, 1.165) is 11.1 Å². The third kappa shape index (κ3) is 1.98. The minimum absolute atomic E-state index is 0.530. The van der Waals surface area contributed by atoms with Gasteiger partial charge in [-0.1, -0.05) is 23.7 Å². The number of nitrogens with zero attached hydrogens (tertiary/aromatic N) is 2. The molecule has 0 bridgehead atoms. The van der Waals surface area contributed by atoms with Gasteiger partial charge in [0.1, 0.15) is 5.69 Å². The number of hydrogen-bond donors (Lipinski definition) is 2. The summed E-state index contributed by atoms with van der Waals surface area (Å²) < 4.78 is 0. The smallest absolute Gasteiger partial charge is 0.166 e. The number of nitrogens with one attached hydrogen (secondary N) is 1. The summed E-state index contributed by atoms with van der Waals surface area (Å²) in [7, 11) is 0. The first-order valence-corrected chi connectivity index (χ1v) is 5.14. The number of aromatic nitrogens is 2. The van der Waals surface area contributed by atoms with E-state index in [2.05, 4.69) is 15.4 Å². The summed E-state index contributed by atoms with van der Waals surface area (Å²) in [6, 6.07) is 5.72. The highest BCUT2D eigenvalue weighted by atomic mass is 35.5. The van der Waals surface area contributed by atoms with Gasteiger partial charge in [-0.3, -0.25) is 4.98 Å². The molecule has 5 heteroatoms. The Hall–Kier alpha value is -1.65. The molecule has 0 spiro atoms. The maximum Gasteiger partial charge on any atom is 0.166 e. The van der Waals surface area contributed by atoms with Gasteiger partial charge >= 0.3 is 0 Å². The quantitative estimate of drug-likeness (QED) is 0.619. The fourth-order valence-electron chi connectivity index (χ4n) is 1.40. The molecule has 0 radical (unpaired) electrons. The van der Waals surface area contributed by atoms with Crippen molar-refractivity contribution in [3.63, 3.8) is 0 Å². The first-order valence-electron chi connectivity index (χ1n) is 4.76. The molecule has 0 aliphatic heterocycles. The first-order chi connectivity index (χ1) is 7.72. The van der Waals surface area contributed by atoms with Crippen molar-refractivity contribution in [3.05, 3.63) is 41.2 Å². The van der Waals surface area contributed by atoms with E-state index in [9.17, 15) is 0 Å². The molecule has 16 heavy (non-hydrogen) atoms. The molecule has 0 aliphatic rings. The highest BCUT2D eigenvalue weighted by molar-refractivity contribution is 6.31. The Morgan fingerprint density at radius 3 is 2.69 bits per heavy atom. The van der Waals surface area contributed by atoms with Crippen LogP contribution in [0.3, 0.4) is 0 Å². The summed E-state index contributed by atoms with van der Waals surface area (Å²) in [5.74, 6) is 5.90. The zero-order valence-corrected chi connectivity index (χ0v) is 9.49. The van der Waals surface area contributed by atoms with E-state index in [1.807, 2.05) is 25.1 Å². The third-order valence-corrected chi connectivity index (χ3v) is 2.69. The number of rotatable bonds is 2. The lowest BCUT2D eigenvalue weighted by Gasteiger charge is -2.07.